The summed E-state index contributed by atoms with van der Waals surface area (Å²) in [6.07, 6.45) is 4.38. The average Bonchev–Trinajstić information content (AvgIpc) is 2.70. The molecule has 0 aliphatic rings. The summed E-state index contributed by atoms with van der Waals surface area (Å²) in [5.74, 6) is 0.955. The van der Waals surface area contributed by atoms with Crippen LogP contribution in [0.5, 0.6) is 0 Å². The minimum Gasteiger partial charge on any atom is -0.395 e. The molecule has 3 nitrogen and oxygen atoms in total. The van der Waals surface area contributed by atoms with Gasteiger partial charge in [-0.15, -0.1) is 0 Å². The first-order chi connectivity index (χ1) is 7.79. The number of aliphatic hydroxyl groups excluding tert-OH is 1. The largest absolute Gasteiger partial charge is 0.395 e. The van der Waals surface area contributed by atoms with Gasteiger partial charge in [0.25, 0.3) is 0 Å². The number of aliphatic hydroxyl groups is 1. The highest BCUT2D eigenvalue weighted by Gasteiger charge is 2.03. The molecular weight excluding hydrogens is 224 g/mol. The standard InChI is InChI=1S/C12H13ClN2O/c13-11-3-1-10(2-4-11)9-12-14-5-6-15(12)7-8-16/h1-6,16H,7-9H2. The molecule has 0 saturated heterocycles. The zero-order valence-corrected chi connectivity index (χ0v) is 9.56. The first-order valence-electron chi connectivity index (χ1n) is 5.15. The Kier molecular flexibility index (Phi) is 3.59. The summed E-state index contributed by atoms with van der Waals surface area (Å²) in [5, 5.41) is 9.64. The van der Waals surface area contributed by atoms with E-state index in [9.17, 15) is 0 Å². The van der Waals surface area contributed by atoms with Crippen LogP contribution in [-0.2, 0) is 13.0 Å². The molecule has 0 fully saturated rings. The number of imidazole rings is 1. The lowest BCUT2D eigenvalue weighted by molar-refractivity contribution is 0.274. The lowest BCUT2D eigenvalue weighted by Gasteiger charge is -2.05. The van der Waals surface area contributed by atoms with Crippen LogP contribution < -0.4 is 0 Å². The van der Waals surface area contributed by atoms with Gasteiger partial charge in [0.05, 0.1) is 6.61 Å². The van der Waals surface area contributed by atoms with Crippen molar-refractivity contribution in [1.82, 2.24) is 9.55 Å². The second-order valence-corrected chi connectivity index (χ2v) is 4.00. The Labute approximate surface area is 99.3 Å². The summed E-state index contributed by atoms with van der Waals surface area (Å²) in [6.45, 7) is 0.715. The number of hydrogen-bond donors (Lipinski definition) is 1. The van der Waals surface area contributed by atoms with Gasteiger partial charge in [0.15, 0.2) is 0 Å². The SMILES string of the molecule is OCCn1ccnc1Cc1ccc(Cl)cc1. The number of halogens is 1. The van der Waals surface area contributed by atoms with Crippen LogP contribution in [0.3, 0.4) is 0 Å². The predicted octanol–water partition coefficient (Wildman–Crippen LogP) is 2.12. The van der Waals surface area contributed by atoms with E-state index in [0.29, 0.717) is 6.54 Å². The molecule has 0 bridgehead atoms. The molecule has 1 N–H and O–H groups in total. The minimum absolute atomic E-state index is 0.129. The van der Waals surface area contributed by atoms with E-state index in [1.54, 1.807) is 6.20 Å². The molecule has 0 aliphatic carbocycles. The molecule has 1 aromatic heterocycles. The molecule has 0 saturated carbocycles. The molecule has 16 heavy (non-hydrogen) atoms. The fourth-order valence-corrected chi connectivity index (χ4v) is 1.73. The second-order valence-electron chi connectivity index (χ2n) is 3.56. The van der Waals surface area contributed by atoms with Crippen LogP contribution in [0.15, 0.2) is 36.7 Å². The Morgan fingerprint density at radius 3 is 2.69 bits per heavy atom. The Hall–Kier alpha value is -1.32. The topological polar surface area (TPSA) is 38.0 Å². The fraction of sp³-hybridized carbons (Fsp3) is 0.250. The van der Waals surface area contributed by atoms with Crippen molar-refractivity contribution in [2.24, 2.45) is 0 Å². The molecule has 2 aromatic rings. The van der Waals surface area contributed by atoms with Crippen LogP contribution >= 0.6 is 11.6 Å². The molecule has 4 heteroatoms. The number of benzene rings is 1. The summed E-state index contributed by atoms with van der Waals surface area (Å²) in [6, 6.07) is 7.72. The smallest absolute Gasteiger partial charge is 0.113 e. The zero-order chi connectivity index (χ0) is 11.4. The van der Waals surface area contributed by atoms with Gasteiger partial charge >= 0.3 is 0 Å². The monoisotopic (exact) mass is 236 g/mol. The van der Waals surface area contributed by atoms with E-state index >= 15 is 0 Å². The van der Waals surface area contributed by atoms with Gasteiger partial charge in [-0.25, -0.2) is 4.98 Å². The number of aromatic nitrogens is 2. The number of nitrogens with zero attached hydrogens (tertiary/aromatic N) is 2. The maximum Gasteiger partial charge on any atom is 0.113 e. The summed E-state index contributed by atoms with van der Waals surface area (Å²) < 4.78 is 1.95. The van der Waals surface area contributed by atoms with Crippen LogP contribution in [0.1, 0.15) is 11.4 Å². The molecule has 2 rings (SSSR count). The minimum atomic E-state index is 0.129. The summed E-state index contributed by atoms with van der Waals surface area (Å²) in [4.78, 5) is 4.27. The Morgan fingerprint density at radius 1 is 1.25 bits per heavy atom. The zero-order valence-electron chi connectivity index (χ0n) is 8.81. The first kappa shape index (κ1) is 11.2. The van der Waals surface area contributed by atoms with E-state index in [2.05, 4.69) is 4.98 Å². The summed E-state index contributed by atoms with van der Waals surface area (Å²) in [5.41, 5.74) is 1.16. The van der Waals surface area contributed by atoms with Gasteiger partial charge in [-0.3, -0.25) is 0 Å². The van der Waals surface area contributed by atoms with Crippen LogP contribution in [0.2, 0.25) is 5.02 Å². The Morgan fingerprint density at radius 2 is 2.00 bits per heavy atom. The van der Waals surface area contributed by atoms with Crippen LogP contribution in [0.25, 0.3) is 0 Å². The summed E-state index contributed by atoms with van der Waals surface area (Å²) >= 11 is 5.82. The molecule has 0 amide bonds. The number of hydrogen-bond acceptors (Lipinski definition) is 2. The Balaban J connectivity index is 2.13. The van der Waals surface area contributed by atoms with E-state index in [4.69, 9.17) is 16.7 Å². The normalized spacial score (nSPS) is 10.6. The van der Waals surface area contributed by atoms with Crippen LogP contribution in [0.4, 0.5) is 0 Å². The van der Waals surface area contributed by atoms with Gasteiger partial charge in [-0.05, 0) is 17.7 Å². The van der Waals surface area contributed by atoms with Crippen molar-refractivity contribution in [2.45, 2.75) is 13.0 Å². The van der Waals surface area contributed by atoms with Gasteiger partial charge in [0.1, 0.15) is 5.82 Å². The van der Waals surface area contributed by atoms with Gasteiger partial charge in [-0.1, -0.05) is 23.7 Å². The van der Waals surface area contributed by atoms with Gasteiger partial charge in [0.2, 0.25) is 0 Å². The van der Waals surface area contributed by atoms with Crippen molar-refractivity contribution in [3.8, 4) is 0 Å². The maximum absolute atomic E-state index is 8.90. The highest BCUT2D eigenvalue weighted by atomic mass is 35.5. The van der Waals surface area contributed by atoms with Crippen molar-refractivity contribution in [1.29, 1.82) is 0 Å². The van der Waals surface area contributed by atoms with Crippen molar-refractivity contribution in [2.75, 3.05) is 6.61 Å². The molecule has 0 aliphatic heterocycles. The van der Waals surface area contributed by atoms with Crippen molar-refractivity contribution in [3.05, 3.63) is 53.1 Å². The molecule has 1 heterocycles. The van der Waals surface area contributed by atoms with Gasteiger partial charge in [0, 0.05) is 30.4 Å². The molecule has 0 unspecified atom stereocenters. The number of rotatable bonds is 4. The summed E-state index contributed by atoms with van der Waals surface area (Å²) in [7, 11) is 0. The predicted molar refractivity (Wildman–Crippen MR) is 63.6 cm³/mol. The van der Waals surface area contributed by atoms with Crippen LogP contribution in [-0.4, -0.2) is 21.3 Å². The van der Waals surface area contributed by atoms with E-state index in [1.807, 2.05) is 35.0 Å². The van der Waals surface area contributed by atoms with E-state index in [-0.39, 0.29) is 6.61 Å². The highest BCUT2D eigenvalue weighted by molar-refractivity contribution is 6.30. The van der Waals surface area contributed by atoms with Gasteiger partial charge in [-0.2, -0.15) is 0 Å². The third-order valence-electron chi connectivity index (χ3n) is 2.42. The highest BCUT2D eigenvalue weighted by Crippen LogP contribution is 2.12. The van der Waals surface area contributed by atoms with Crippen LogP contribution in [0, 0.1) is 0 Å². The molecule has 0 atom stereocenters. The van der Waals surface area contributed by atoms with E-state index in [0.717, 1.165) is 22.8 Å². The maximum atomic E-state index is 8.90. The van der Waals surface area contributed by atoms with Crippen molar-refractivity contribution in [3.63, 3.8) is 0 Å². The Bertz CT molecular complexity index is 450. The molecule has 0 radical (unpaired) electrons. The van der Waals surface area contributed by atoms with E-state index < -0.39 is 0 Å². The third kappa shape index (κ3) is 2.62. The van der Waals surface area contributed by atoms with Crippen molar-refractivity contribution < 1.29 is 5.11 Å². The fourth-order valence-electron chi connectivity index (χ4n) is 1.60. The molecule has 0 spiro atoms. The lowest BCUT2D eigenvalue weighted by atomic mass is 10.1. The third-order valence-corrected chi connectivity index (χ3v) is 2.67. The van der Waals surface area contributed by atoms with Gasteiger partial charge < -0.3 is 9.67 Å². The second kappa shape index (κ2) is 5.14. The quantitative estimate of drug-likeness (QED) is 0.883. The van der Waals surface area contributed by atoms with Crippen molar-refractivity contribution >= 4 is 11.6 Å². The first-order valence-corrected chi connectivity index (χ1v) is 5.52. The average molecular weight is 237 g/mol. The van der Waals surface area contributed by atoms with E-state index in [1.165, 1.54) is 0 Å². The molecule has 1 aromatic carbocycles. The molecular formula is C12H13ClN2O. The molecule has 84 valence electrons. The lowest BCUT2D eigenvalue weighted by Crippen LogP contribution is -2.06.